The fourth-order valence-corrected chi connectivity index (χ4v) is 3.14. The third-order valence-corrected chi connectivity index (χ3v) is 4.87. The van der Waals surface area contributed by atoms with E-state index < -0.39 is 0 Å². The number of pyridine rings is 1. The summed E-state index contributed by atoms with van der Waals surface area (Å²) >= 11 is 0. The van der Waals surface area contributed by atoms with Crippen molar-refractivity contribution in [3.8, 4) is 11.5 Å². The summed E-state index contributed by atoms with van der Waals surface area (Å²) in [5.41, 5.74) is 9.21. The van der Waals surface area contributed by atoms with E-state index in [2.05, 4.69) is 10.3 Å². The van der Waals surface area contributed by atoms with E-state index in [1.807, 2.05) is 48.5 Å². The third-order valence-electron chi connectivity index (χ3n) is 4.87. The molecule has 0 atom stereocenters. The van der Waals surface area contributed by atoms with Gasteiger partial charge in [-0.25, -0.2) is 4.99 Å². The van der Waals surface area contributed by atoms with E-state index in [1.165, 1.54) is 0 Å². The minimum atomic E-state index is -0.0110. The number of nitrogens with one attached hydrogen (secondary N) is 1. The zero-order chi connectivity index (χ0) is 22.1. The topological polar surface area (TPSA) is 90.9 Å². The summed E-state index contributed by atoms with van der Waals surface area (Å²) in [6, 6.07) is 19.0. The number of aliphatic imine (C=N–C) groups is 1. The summed E-state index contributed by atoms with van der Waals surface area (Å²) in [5.74, 6) is 1.82. The van der Waals surface area contributed by atoms with Crippen LogP contribution in [0, 0.1) is 0 Å². The summed E-state index contributed by atoms with van der Waals surface area (Å²) in [5, 5.41) is 3.14. The van der Waals surface area contributed by atoms with Gasteiger partial charge in [-0.05, 0) is 41.3 Å². The van der Waals surface area contributed by atoms with Crippen LogP contribution in [0.15, 0.2) is 76.6 Å². The maximum Gasteiger partial charge on any atom is 0.250 e. The van der Waals surface area contributed by atoms with Crippen LogP contribution in [0.5, 0.6) is 11.5 Å². The van der Waals surface area contributed by atoms with Crippen molar-refractivity contribution < 1.29 is 9.47 Å². The monoisotopic (exact) mass is 420 g/mol. The average molecular weight is 421 g/mol. The van der Waals surface area contributed by atoms with Gasteiger partial charge in [-0.2, -0.15) is 0 Å². The van der Waals surface area contributed by atoms with Crippen molar-refractivity contribution in [1.29, 1.82) is 0 Å². The van der Waals surface area contributed by atoms with E-state index in [0.29, 0.717) is 37.1 Å². The van der Waals surface area contributed by atoms with Gasteiger partial charge in [-0.15, -0.1) is 0 Å². The van der Waals surface area contributed by atoms with E-state index in [0.717, 1.165) is 23.1 Å². The smallest absolute Gasteiger partial charge is 0.250 e. The molecule has 0 aliphatic carbocycles. The Kier molecular flexibility index (Phi) is 7.70. The second-order valence-corrected chi connectivity index (χ2v) is 7.05. The number of benzene rings is 2. The van der Waals surface area contributed by atoms with Gasteiger partial charge in [-0.1, -0.05) is 36.4 Å². The second kappa shape index (κ2) is 10.9. The summed E-state index contributed by atoms with van der Waals surface area (Å²) < 4.78 is 12.3. The molecule has 0 unspecified atom stereocenters. The van der Waals surface area contributed by atoms with Gasteiger partial charge in [0, 0.05) is 18.8 Å². The highest BCUT2D eigenvalue weighted by Gasteiger charge is 2.04. The Hall–Kier alpha value is -3.74. The number of hydrogen-bond donors (Lipinski definition) is 2. The van der Waals surface area contributed by atoms with Crippen molar-refractivity contribution in [2.45, 2.75) is 19.5 Å². The predicted molar refractivity (Wildman–Crippen MR) is 123 cm³/mol. The minimum absolute atomic E-state index is 0.0110. The highest BCUT2D eigenvalue weighted by Crippen LogP contribution is 2.27. The first-order valence-corrected chi connectivity index (χ1v) is 10.1. The van der Waals surface area contributed by atoms with Gasteiger partial charge in [0.15, 0.2) is 17.5 Å². The molecule has 0 aliphatic heterocycles. The quantitative estimate of drug-likeness (QED) is 0.410. The molecule has 0 amide bonds. The maximum atomic E-state index is 11.8. The number of guanidine groups is 1. The molecule has 0 saturated carbocycles. The normalized spacial score (nSPS) is 11.2. The number of rotatable bonds is 9. The van der Waals surface area contributed by atoms with Crippen LogP contribution in [0.4, 0.5) is 0 Å². The Morgan fingerprint density at radius 3 is 2.39 bits per heavy atom. The zero-order valence-electron chi connectivity index (χ0n) is 17.9. The average Bonchev–Trinajstić information content (AvgIpc) is 2.80. The van der Waals surface area contributed by atoms with Crippen molar-refractivity contribution in [3.63, 3.8) is 0 Å². The van der Waals surface area contributed by atoms with Crippen LogP contribution in [-0.4, -0.2) is 31.3 Å². The van der Waals surface area contributed by atoms with Gasteiger partial charge in [0.1, 0.15) is 0 Å². The van der Waals surface area contributed by atoms with Crippen LogP contribution in [-0.2, 0) is 19.5 Å². The molecule has 1 aromatic heterocycles. The lowest BCUT2D eigenvalue weighted by molar-refractivity contribution is 0.354. The molecular formula is C24H28N4O3. The first-order valence-electron chi connectivity index (χ1n) is 10.1. The summed E-state index contributed by atoms with van der Waals surface area (Å²) in [4.78, 5) is 16.2. The number of nitrogens with two attached hydrogens (primary N) is 1. The maximum absolute atomic E-state index is 11.8. The molecule has 0 spiro atoms. The van der Waals surface area contributed by atoms with Gasteiger partial charge in [0.05, 0.1) is 27.3 Å². The zero-order valence-corrected chi connectivity index (χ0v) is 17.9. The van der Waals surface area contributed by atoms with Gasteiger partial charge < -0.3 is 25.1 Å². The van der Waals surface area contributed by atoms with E-state index >= 15 is 0 Å². The lowest BCUT2D eigenvalue weighted by atomic mass is 10.1. The molecule has 31 heavy (non-hydrogen) atoms. The molecule has 0 fully saturated rings. The van der Waals surface area contributed by atoms with Crippen LogP contribution < -0.4 is 26.1 Å². The molecule has 0 saturated heterocycles. The second-order valence-electron chi connectivity index (χ2n) is 7.05. The SMILES string of the molecule is COc1ccc(CCNC(N)=NCc2ccc(Cn3ccccc3=O)cc2)cc1OC. The Bertz CT molecular complexity index is 1070. The fourth-order valence-electron chi connectivity index (χ4n) is 3.14. The molecule has 0 radical (unpaired) electrons. The summed E-state index contributed by atoms with van der Waals surface area (Å²) in [6.45, 7) is 1.69. The third kappa shape index (κ3) is 6.37. The van der Waals surface area contributed by atoms with Crippen LogP contribution in [0.3, 0.4) is 0 Å². The number of hydrogen-bond acceptors (Lipinski definition) is 4. The minimum Gasteiger partial charge on any atom is -0.493 e. The van der Waals surface area contributed by atoms with Crippen molar-refractivity contribution in [2.24, 2.45) is 10.7 Å². The molecule has 2 aromatic carbocycles. The highest BCUT2D eigenvalue weighted by molar-refractivity contribution is 5.77. The first kappa shape index (κ1) is 22.0. The molecule has 1 heterocycles. The van der Waals surface area contributed by atoms with Gasteiger partial charge in [0.2, 0.25) is 0 Å². The van der Waals surface area contributed by atoms with Crippen LogP contribution in [0.25, 0.3) is 0 Å². The molecular weight excluding hydrogens is 392 g/mol. The Balaban J connectivity index is 1.48. The molecule has 0 aliphatic rings. The molecule has 7 heteroatoms. The Labute approximate surface area is 182 Å². The number of ether oxygens (including phenoxy) is 2. The molecule has 0 bridgehead atoms. The van der Waals surface area contributed by atoms with E-state index in [-0.39, 0.29) is 5.56 Å². The van der Waals surface area contributed by atoms with Gasteiger partial charge in [-0.3, -0.25) is 4.79 Å². The van der Waals surface area contributed by atoms with E-state index in [9.17, 15) is 4.79 Å². The highest BCUT2D eigenvalue weighted by atomic mass is 16.5. The molecule has 3 N–H and O–H groups in total. The van der Waals surface area contributed by atoms with Crippen LogP contribution in [0.2, 0.25) is 0 Å². The van der Waals surface area contributed by atoms with Crippen LogP contribution in [0.1, 0.15) is 16.7 Å². The summed E-state index contributed by atoms with van der Waals surface area (Å²) in [7, 11) is 3.24. The molecule has 162 valence electrons. The molecule has 3 rings (SSSR count). The Morgan fingerprint density at radius 1 is 0.968 bits per heavy atom. The fraction of sp³-hybridized carbons (Fsp3) is 0.250. The molecule has 3 aromatic rings. The lowest BCUT2D eigenvalue weighted by Crippen LogP contribution is -2.33. The van der Waals surface area contributed by atoms with E-state index in [1.54, 1.807) is 37.1 Å². The number of methoxy groups -OCH3 is 2. The van der Waals surface area contributed by atoms with Gasteiger partial charge in [0.25, 0.3) is 5.56 Å². The number of aromatic nitrogens is 1. The summed E-state index contributed by atoms with van der Waals surface area (Å²) in [6.07, 6.45) is 2.57. The first-order chi connectivity index (χ1) is 15.1. The van der Waals surface area contributed by atoms with Crippen molar-refractivity contribution >= 4 is 5.96 Å². The largest absolute Gasteiger partial charge is 0.493 e. The lowest BCUT2D eigenvalue weighted by Gasteiger charge is -2.10. The number of nitrogens with zero attached hydrogens (tertiary/aromatic N) is 2. The standard InChI is InChI=1S/C24H28N4O3/c1-30-21-11-10-18(15-22(21)31-2)12-13-26-24(25)27-16-19-6-8-20(9-7-19)17-28-14-4-3-5-23(28)29/h3-11,14-15H,12-13,16-17H2,1-2H3,(H3,25,26,27). The van der Waals surface area contributed by atoms with Crippen molar-refractivity contribution in [2.75, 3.05) is 20.8 Å². The van der Waals surface area contributed by atoms with Crippen molar-refractivity contribution in [3.05, 3.63) is 93.9 Å². The predicted octanol–water partition coefficient (Wildman–Crippen LogP) is 2.56. The van der Waals surface area contributed by atoms with Crippen LogP contribution >= 0.6 is 0 Å². The van der Waals surface area contributed by atoms with Crippen molar-refractivity contribution in [1.82, 2.24) is 9.88 Å². The van der Waals surface area contributed by atoms with E-state index in [4.69, 9.17) is 15.2 Å². The Morgan fingerprint density at radius 2 is 1.68 bits per heavy atom. The molecule has 7 nitrogen and oxygen atoms in total. The van der Waals surface area contributed by atoms with Gasteiger partial charge >= 0.3 is 0 Å².